The zero-order valence-corrected chi connectivity index (χ0v) is 32.6. The number of benzene rings is 1. The third kappa shape index (κ3) is 8.71. The molecule has 0 unspecified atom stereocenters. The lowest BCUT2D eigenvalue weighted by Crippen LogP contribution is -2.07. The van der Waals surface area contributed by atoms with Crippen molar-refractivity contribution in [3.05, 3.63) is 93.6 Å². The van der Waals surface area contributed by atoms with Crippen LogP contribution in [0.25, 0.3) is 45.3 Å². The molecule has 0 saturated carbocycles. The van der Waals surface area contributed by atoms with Crippen molar-refractivity contribution in [2.75, 3.05) is 7.11 Å². The van der Waals surface area contributed by atoms with Crippen LogP contribution in [0.5, 0.6) is 0 Å². The number of nitrogens with zero attached hydrogens (tertiary/aromatic N) is 2. The third-order valence-corrected chi connectivity index (χ3v) is 11.0. The monoisotopic (exact) mass is 730 g/mol. The largest absolute Gasteiger partial charge is 0.465 e. The lowest BCUT2D eigenvalue weighted by atomic mass is 9.98. The fraction of sp³-hybridized carbons (Fsp3) is 0.457. The number of carbonyl (C=O) groups is 1. The highest BCUT2D eigenvalue weighted by molar-refractivity contribution is 5.94. The lowest BCUT2D eigenvalue weighted by Gasteiger charge is -2.13. The summed E-state index contributed by atoms with van der Waals surface area (Å²) in [5.74, 6) is -0.383. The van der Waals surface area contributed by atoms with E-state index in [2.05, 4.69) is 67.2 Å². The molecule has 0 fully saturated rings. The van der Waals surface area contributed by atoms with E-state index in [1.165, 1.54) is 13.5 Å². The second kappa shape index (κ2) is 18.7. The summed E-state index contributed by atoms with van der Waals surface area (Å²) in [5, 5.41) is 23.6. The fourth-order valence-corrected chi connectivity index (χ4v) is 7.91. The van der Waals surface area contributed by atoms with Gasteiger partial charge in [-0.05, 0) is 104 Å². The third-order valence-electron chi connectivity index (χ3n) is 11.0. The molecule has 0 aliphatic carbocycles. The van der Waals surface area contributed by atoms with Gasteiger partial charge in [-0.2, -0.15) is 0 Å². The average molecular weight is 731 g/mol. The molecule has 8 bridgehead atoms. The van der Waals surface area contributed by atoms with Gasteiger partial charge < -0.3 is 24.9 Å². The highest BCUT2D eigenvalue weighted by Gasteiger charge is 2.33. The summed E-state index contributed by atoms with van der Waals surface area (Å²) in [5.41, 5.74) is 11.8. The Balaban J connectivity index is 1.68. The highest BCUT2D eigenvalue weighted by atomic mass is 16.5. The number of unbranched alkanes of at least 4 members (excludes halogenated alkanes) is 9. The quantitative estimate of drug-likeness (QED) is 0.0558. The minimum absolute atomic E-state index is 0.383. The molecule has 4 N–H and O–H groups in total. The summed E-state index contributed by atoms with van der Waals surface area (Å²) in [4.78, 5) is 30.3. The van der Waals surface area contributed by atoms with E-state index in [0.29, 0.717) is 23.4 Å². The molecular formula is C46H58N4O4. The molecule has 0 spiro atoms. The van der Waals surface area contributed by atoms with Gasteiger partial charge in [-0.1, -0.05) is 90.7 Å². The number of aromatic amines is 2. The number of aryl methyl sites for hydroxylation is 3. The Morgan fingerprint density at radius 1 is 0.593 bits per heavy atom. The SMILES string of the molecule is CCCCCCc1c2nc(c(-c3ccc(C(=O)OC)cc3)c3ccc([nH]3)c(CCCCCC)c3nc(c(CCCCCC)c4ccc1[nH]4)[C@H](O)[C@@H]3O)C=C2. The Hall–Kier alpha value is -4.53. The Bertz CT molecular complexity index is 2090. The van der Waals surface area contributed by atoms with Crippen LogP contribution in [-0.2, 0) is 24.0 Å². The van der Waals surface area contributed by atoms with Gasteiger partial charge in [-0.25, -0.2) is 9.78 Å². The second-order valence-corrected chi connectivity index (χ2v) is 14.9. The molecule has 8 heteroatoms. The van der Waals surface area contributed by atoms with E-state index in [0.717, 1.165) is 145 Å². The smallest absolute Gasteiger partial charge is 0.337 e. The summed E-state index contributed by atoms with van der Waals surface area (Å²) in [6.07, 6.45) is 17.4. The van der Waals surface area contributed by atoms with Gasteiger partial charge in [0.2, 0.25) is 0 Å². The summed E-state index contributed by atoms with van der Waals surface area (Å²) in [7, 11) is 1.39. The Kier molecular flexibility index (Phi) is 13.5. The van der Waals surface area contributed by atoms with Crippen molar-refractivity contribution < 1.29 is 19.7 Å². The molecule has 54 heavy (non-hydrogen) atoms. The van der Waals surface area contributed by atoms with Gasteiger partial charge in [0.1, 0.15) is 12.2 Å². The molecule has 5 heterocycles. The Morgan fingerprint density at radius 3 is 1.57 bits per heavy atom. The molecule has 2 aliphatic heterocycles. The first-order valence-corrected chi connectivity index (χ1v) is 20.4. The van der Waals surface area contributed by atoms with E-state index in [1.54, 1.807) is 12.1 Å². The number of fused-ring (bicyclic) bond motifs is 8. The van der Waals surface area contributed by atoms with Crippen molar-refractivity contribution in [2.45, 2.75) is 129 Å². The first-order chi connectivity index (χ1) is 26.4. The molecular weight excluding hydrogens is 673 g/mol. The van der Waals surface area contributed by atoms with Gasteiger partial charge in [0.05, 0.1) is 35.4 Å². The van der Waals surface area contributed by atoms with Crippen LogP contribution in [-0.4, -0.2) is 43.2 Å². The van der Waals surface area contributed by atoms with Gasteiger partial charge in [0.15, 0.2) is 0 Å². The Morgan fingerprint density at radius 2 is 1.06 bits per heavy atom. The average Bonchev–Trinajstić information content (AvgIpc) is 4.02. The molecule has 4 aromatic rings. The minimum Gasteiger partial charge on any atom is -0.465 e. The first-order valence-electron chi connectivity index (χ1n) is 20.4. The van der Waals surface area contributed by atoms with E-state index in [9.17, 15) is 15.0 Å². The van der Waals surface area contributed by atoms with Gasteiger partial charge >= 0.3 is 5.97 Å². The van der Waals surface area contributed by atoms with Crippen molar-refractivity contribution in [3.63, 3.8) is 0 Å². The molecule has 2 atom stereocenters. The number of methoxy groups -OCH3 is 1. The van der Waals surface area contributed by atoms with Crippen LogP contribution in [0.3, 0.4) is 0 Å². The number of nitrogens with one attached hydrogen (secondary N) is 2. The predicted octanol–water partition coefficient (Wildman–Crippen LogP) is 11.1. The summed E-state index contributed by atoms with van der Waals surface area (Å²) in [6.45, 7) is 6.65. The summed E-state index contributed by atoms with van der Waals surface area (Å²) in [6, 6.07) is 15.8. The maximum atomic E-state index is 12.4. The number of carbonyl (C=O) groups excluding carboxylic acids is 1. The number of aliphatic hydroxyl groups excluding tert-OH is 2. The van der Waals surface area contributed by atoms with Crippen LogP contribution in [0.2, 0.25) is 0 Å². The topological polar surface area (TPSA) is 124 Å². The van der Waals surface area contributed by atoms with Crippen LogP contribution in [0.4, 0.5) is 0 Å². The van der Waals surface area contributed by atoms with E-state index < -0.39 is 12.2 Å². The van der Waals surface area contributed by atoms with Crippen molar-refractivity contribution >= 4 is 40.2 Å². The van der Waals surface area contributed by atoms with Gasteiger partial charge in [-0.15, -0.1) is 0 Å². The van der Waals surface area contributed by atoms with E-state index >= 15 is 0 Å². The van der Waals surface area contributed by atoms with Crippen LogP contribution >= 0.6 is 0 Å². The van der Waals surface area contributed by atoms with Crippen LogP contribution < -0.4 is 0 Å². The van der Waals surface area contributed by atoms with Crippen molar-refractivity contribution in [3.8, 4) is 11.1 Å². The minimum atomic E-state index is -1.14. The maximum Gasteiger partial charge on any atom is 0.337 e. The van der Waals surface area contributed by atoms with Gasteiger partial charge in [-0.3, -0.25) is 4.98 Å². The maximum absolute atomic E-state index is 12.4. The molecule has 0 radical (unpaired) electrons. The first kappa shape index (κ1) is 39.2. The van der Waals surface area contributed by atoms with E-state index in [1.807, 2.05) is 12.1 Å². The highest BCUT2D eigenvalue weighted by Crippen LogP contribution is 2.39. The van der Waals surface area contributed by atoms with Crippen LogP contribution in [0.15, 0.2) is 48.5 Å². The predicted molar refractivity (Wildman–Crippen MR) is 220 cm³/mol. The molecule has 6 rings (SSSR count). The summed E-state index contributed by atoms with van der Waals surface area (Å²) < 4.78 is 4.98. The molecule has 0 amide bonds. The van der Waals surface area contributed by atoms with Crippen molar-refractivity contribution in [1.82, 2.24) is 19.9 Å². The van der Waals surface area contributed by atoms with Crippen LogP contribution in [0, 0.1) is 0 Å². The molecule has 286 valence electrons. The molecule has 2 aliphatic rings. The van der Waals surface area contributed by atoms with Gasteiger partial charge in [0, 0.05) is 33.2 Å². The fourth-order valence-electron chi connectivity index (χ4n) is 7.91. The zero-order chi connectivity index (χ0) is 38.0. The normalized spacial score (nSPS) is 15.2. The Labute approximate surface area is 320 Å². The van der Waals surface area contributed by atoms with Gasteiger partial charge in [0.25, 0.3) is 0 Å². The van der Waals surface area contributed by atoms with Crippen molar-refractivity contribution in [2.24, 2.45) is 0 Å². The molecule has 1 aromatic carbocycles. The number of ether oxygens (including phenoxy) is 1. The number of hydrogen-bond donors (Lipinski definition) is 4. The molecule has 0 saturated heterocycles. The molecule has 3 aromatic heterocycles. The van der Waals surface area contributed by atoms with Crippen LogP contribution in [0.1, 0.15) is 160 Å². The number of rotatable bonds is 17. The number of aliphatic hydroxyl groups is 2. The van der Waals surface area contributed by atoms with E-state index in [4.69, 9.17) is 14.7 Å². The number of aromatic nitrogens is 4. The number of H-pyrrole nitrogens is 2. The zero-order valence-electron chi connectivity index (χ0n) is 32.6. The lowest BCUT2D eigenvalue weighted by molar-refractivity contribution is 0.0245. The van der Waals surface area contributed by atoms with E-state index in [-0.39, 0.29) is 5.97 Å². The standard InChI is InChI=1S/C46H58N4O4/c1-5-8-11-14-17-32-35-24-25-37(47-35)33(18-15-12-9-6-2)42-44(51)45(52)43(50-42)34(19-16-13-10-7-3)38-27-29-40(49-38)41(39-28-26-36(32)48-39)30-20-22-31(23-21-30)46(53)54-4/h20-29,44-45,47,49,51-52H,5-19H2,1-4H3/t44-,45+/m0/s1. The van der Waals surface area contributed by atoms with Crippen molar-refractivity contribution in [1.29, 1.82) is 0 Å². The number of esters is 1. The second-order valence-electron chi connectivity index (χ2n) is 14.9. The summed E-state index contributed by atoms with van der Waals surface area (Å²) >= 11 is 0. The number of hydrogen-bond acceptors (Lipinski definition) is 6. The molecule has 8 nitrogen and oxygen atoms in total.